The number of H-pyrrole nitrogens is 1. The van der Waals surface area contributed by atoms with Crippen LogP contribution in [0.3, 0.4) is 0 Å². The Labute approximate surface area is 230 Å². The zero-order valence-corrected chi connectivity index (χ0v) is 23.7. The number of rotatable bonds is 9. The average Bonchev–Trinajstić information content (AvgIpc) is 3.13. The minimum absolute atomic E-state index is 0.237. The molecule has 3 aromatic rings. The fourth-order valence-corrected chi connectivity index (χ4v) is 4.94. The number of hydrogen-bond acceptors (Lipinski definition) is 6. The van der Waals surface area contributed by atoms with Gasteiger partial charge in [0, 0.05) is 29.8 Å². The van der Waals surface area contributed by atoms with Gasteiger partial charge in [0.1, 0.15) is 17.0 Å². The van der Waals surface area contributed by atoms with Gasteiger partial charge < -0.3 is 25.1 Å². The molecule has 8 heteroatoms. The number of nitrogens with zero attached hydrogens (tertiary/aromatic N) is 1. The van der Waals surface area contributed by atoms with Crippen molar-refractivity contribution >= 4 is 17.6 Å². The standard InChI is InChI=1S/C31H40N4O4/c1-6-24-27(29(36)34-18-20-16-21-10-8-7-9-11-25(21)33-17-20)26(35-28(24)30(37)39-31(2,3)4)19-32-22-12-14-23(38-5)15-13-22/h12-17,32,35H,6-11,18-19H2,1-5H3,(H,34,36). The van der Waals surface area contributed by atoms with Crippen LogP contribution in [0.5, 0.6) is 5.75 Å². The van der Waals surface area contributed by atoms with Crippen molar-refractivity contribution in [3.8, 4) is 5.75 Å². The molecule has 0 bridgehead atoms. The van der Waals surface area contributed by atoms with Crippen LogP contribution in [0.4, 0.5) is 5.69 Å². The molecule has 4 rings (SSSR count). The fourth-order valence-electron chi connectivity index (χ4n) is 4.94. The Hall–Kier alpha value is -3.81. The summed E-state index contributed by atoms with van der Waals surface area (Å²) in [6.45, 7) is 8.10. The molecule has 1 amide bonds. The Kier molecular flexibility index (Phi) is 8.94. The maximum absolute atomic E-state index is 13.6. The van der Waals surface area contributed by atoms with E-state index in [1.54, 1.807) is 7.11 Å². The smallest absolute Gasteiger partial charge is 0.355 e. The van der Waals surface area contributed by atoms with Crippen LogP contribution in [0.2, 0.25) is 0 Å². The van der Waals surface area contributed by atoms with Gasteiger partial charge in [0.05, 0.1) is 19.2 Å². The van der Waals surface area contributed by atoms with Crippen LogP contribution < -0.4 is 15.4 Å². The summed E-state index contributed by atoms with van der Waals surface area (Å²) in [5, 5.41) is 6.42. The molecule has 0 unspecified atom stereocenters. The van der Waals surface area contributed by atoms with Gasteiger partial charge in [0.25, 0.3) is 5.91 Å². The number of carbonyl (C=O) groups is 2. The summed E-state index contributed by atoms with van der Waals surface area (Å²) in [6.07, 6.45) is 7.98. The molecule has 0 saturated heterocycles. The lowest BCUT2D eigenvalue weighted by Gasteiger charge is -2.19. The lowest BCUT2D eigenvalue weighted by molar-refractivity contribution is 0.00622. The third kappa shape index (κ3) is 7.19. The quantitative estimate of drug-likeness (QED) is 0.240. The van der Waals surface area contributed by atoms with E-state index in [4.69, 9.17) is 9.47 Å². The number of fused-ring (bicyclic) bond motifs is 1. The van der Waals surface area contributed by atoms with Crippen LogP contribution in [0.25, 0.3) is 0 Å². The van der Waals surface area contributed by atoms with E-state index in [0.29, 0.717) is 42.0 Å². The Morgan fingerprint density at radius 2 is 1.79 bits per heavy atom. The van der Waals surface area contributed by atoms with Crippen molar-refractivity contribution in [2.75, 3.05) is 12.4 Å². The molecule has 0 aliphatic heterocycles. The van der Waals surface area contributed by atoms with Gasteiger partial charge in [-0.2, -0.15) is 0 Å². The Bertz CT molecular complexity index is 1310. The largest absolute Gasteiger partial charge is 0.497 e. The Morgan fingerprint density at radius 3 is 2.49 bits per heavy atom. The molecule has 8 nitrogen and oxygen atoms in total. The van der Waals surface area contributed by atoms with Crippen LogP contribution in [-0.4, -0.2) is 34.6 Å². The van der Waals surface area contributed by atoms with Crippen LogP contribution >= 0.6 is 0 Å². The first-order chi connectivity index (χ1) is 18.7. The second-order valence-electron chi connectivity index (χ2n) is 11.0. The van der Waals surface area contributed by atoms with Gasteiger partial charge in [-0.25, -0.2) is 4.79 Å². The van der Waals surface area contributed by atoms with Crippen molar-refractivity contribution in [3.05, 3.63) is 75.9 Å². The summed E-state index contributed by atoms with van der Waals surface area (Å²) >= 11 is 0. The first kappa shape index (κ1) is 28.2. The number of ether oxygens (including phenoxy) is 2. The minimum atomic E-state index is -0.657. The number of aryl methyl sites for hydroxylation is 2. The van der Waals surface area contributed by atoms with Gasteiger partial charge >= 0.3 is 5.97 Å². The van der Waals surface area contributed by atoms with Crippen LogP contribution in [0.15, 0.2) is 36.5 Å². The molecular formula is C31H40N4O4. The number of methoxy groups -OCH3 is 1. The van der Waals surface area contributed by atoms with E-state index in [-0.39, 0.29) is 5.91 Å². The summed E-state index contributed by atoms with van der Waals surface area (Å²) in [5.74, 6) is 0.0479. The zero-order valence-electron chi connectivity index (χ0n) is 23.7. The molecule has 1 aromatic carbocycles. The zero-order chi connectivity index (χ0) is 28.0. The number of hydrogen-bond donors (Lipinski definition) is 3. The van der Waals surface area contributed by atoms with Gasteiger partial charge in [-0.3, -0.25) is 9.78 Å². The summed E-state index contributed by atoms with van der Waals surface area (Å²) in [6, 6.07) is 9.71. The molecule has 0 atom stereocenters. The summed E-state index contributed by atoms with van der Waals surface area (Å²) in [7, 11) is 1.62. The van der Waals surface area contributed by atoms with Crippen LogP contribution in [0.1, 0.15) is 95.9 Å². The van der Waals surface area contributed by atoms with Crippen molar-refractivity contribution in [1.29, 1.82) is 0 Å². The third-order valence-electron chi connectivity index (χ3n) is 6.85. The molecule has 1 aliphatic carbocycles. The number of pyridine rings is 1. The van der Waals surface area contributed by atoms with Gasteiger partial charge in [0.2, 0.25) is 0 Å². The van der Waals surface area contributed by atoms with E-state index < -0.39 is 11.6 Å². The first-order valence-electron chi connectivity index (χ1n) is 13.8. The highest BCUT2D eigenvalue weighted by Crippen LogP contribution is 2.25. The Morgan fingerprint density at radius 1 is 1.05 bits per heavy atom. The number of nitrogens with one attached hydrogen (secondary N) is 3. The van der Waals surface area contributed by atoms with Crippen molar-refractivity contribution in [1.82, 2.24) is 15.3 Å². The highest BCUT2D eigenvalue weighted by atomic mass is 16.6. The molecule has 2 aromatic heterocycles. The minimum Gasteiger partial charge on any atom is -0.497 e. The average molecular weight is 533 g/mol. The van der Waals surface area contributed by atoms with Crippen molar-refractivity contribution < 1.29 is 19.1 Å². The molecule has 39 heavy (non-hydrogen) atoms. The second kappa shape index (κ2) is 12.4. The number of anilines is 1. The normalized spacial score (nSPS) is 13.3. The van der Waals surface area contributed by atoms with Gasteiger partial charge in [-0.05, 0) is 93.8 Å². The summed E-state index contributed by atoms with van der Waals surface area (Å²) < 4.78 is 10.9. The highest BCUT2D eigenvalue weighted by molar-refractivity contribution is 6.01. The number of amides is 1. The molecular weight excluding hydrogens is 492 g/mol. The highest BCUT2D eigenvalue weighted by Gasteiger charge is 2.28. The van der Waals surface area contributed by atoms with E-state index in [1.807, 2.05) is 58.2 Å². The van der Waals surface area contributed by atoms with Gasteiger partial charge in [-0.15, -0.1) is 0 Å². The SMILES string of the molecule is CCc1c(C(=O)OC(C)(C)C)[nH]c(CNc2ccc(OC)cc2)c1C(=O)NCc1cnc2c(c1)CCCCC2. The number of aromatic nitrogens is 2. The second-order valence-corrected chi connectivity index (χ2v) is 11.0. The molecule has 2 heterocycles. The lowest BCUT2D eigenvalue weighted by atomic mass is 10.0. The number of aromatic amines is 1. The van der Waals surface area contributed by atoms with E-state index in [1.165, 1.54) is 30.5 Å². The number of esters is 1. The van der Waals surface area contributed by atoms with Crippen molar-refractivity contribution in [2.24, 2.45) is 0 Å². The lowest BCUT2D eigenvalue weighted by Crippen LogP contribution is -2.26. The fraction of sp³-hybridized carbons (Fsp3) is 0.452. The molecule has 0 spiro atoms. The molecule has 1 aliphatic rings. The van der Waals surface area contributed by atoms with E-state index in [0.717, 1.165) is 29.8 Å². The monoisotopic (exact) mass is 532 g/mol. The maximum atomic E-state index is 13.6. The number of carbonyl (C=O) groups excluding carboxylic acids is 2. The van der Waals surface area contributed by atoms with Gasteiger partial charge in [-0.1, -0.05) is 19.4 Å². The first-order valence-corrected chi connectivity index (χ1v) is 13.8. The summed E-state index contributed by atoms with van der Waals surface area (Å²) in [5.41, 5.74) is 5.71. The predicted octanol–water partition coefficient (Wildman–Crippen LogP) is 5.75. The van der Waals surface area contributed by atoms with E-state index in [2.05, 4.69) is 26.7 Å². The molecule has 3 N–H and O–H groups in total. The Balaban J connectivity index is 1.58. The molecule has 208 valence electrons. The molecule has 0 radical (unpaired) electrons. The third-order valence-corrected chi connectivity index (χ3v) is 6.85. The van der Waals surface area contributed by atoms with Crippen molar-refractivity contribution in [2.45, 2.75) is 84.9 Å². The van der Waals surface area contributed by atoms with E-state index in [9.17, 15) is 9.59 Å². The van der Waals surface area contributed by atoms with Crippen LogP contribution in [-0.2, 0) is 37.1 Å². The molecule has 0 fully saturated rings. The predicted molar refractivity (Wildman–Crippen MR) is 152 cm³/mol. The number of benzene rings is 1. The topological polar surface area (TPSA) is 105 Å². The summed E-state index contributed by atoms with van der Waals surface area (Å²) in [4.78, 5) is 34.6. The maximum Gasteiger partial charge on any atom is 0.355 e. The van der Waals surface area contributed by atoms with Gasteiger partial charge in [0.15, 0.2) is 0 Å². The molecule has 0 saturated carbocycles. The van der Waals surface area contributed by atoms with Crippen molar-refractivity contribution in [3.63, 3.8) is 0 Å². The van der Waals surface area contributed by atoms with E-state index >= 15 is 0 Å². The van der Waals surface area contributed by atoms with Crippen LogP contribution in [0, 0.1) is 0 Å².